The summed E-state index contributed by atoms with van der Waals surface area (Å²) in [5, 5.41) is 11.0. The number of hydrogen-bond donors (Lipinski definition) is 1. The number of nitro groups is 1. The number of nitrogens with one attached hydrogen (secondary N) is 1. The van der Waals surface area contributed by atoms with Crippen molar-refractivity contribution in [3.8, 4) is 5.75 Å². The van der Waals surface area contributed by atoms with Crippen molar-refractivity contribution in [2.45, 2.75) is 16.7 Å². The molecule has 11 heteroatoms. The van der Waals surface area contributed by atoms with Crippen molar-refractivity contribution in [3.63, 3.8) is 0 Å². The highest BCUT2D eigenvalue weighted by atomic mass is 32.2. The smallest absolute Gasteiger partial charge is 0.271 e. The molecule has 3 rings (SSSR count). The van der Waals surface area contributed by atoms with Gasteiger partial charge in [0, 0.05) is 36.2 Å². The molecule has 2 aromatic rings. The highest BCUT2D eigenvalue weighted by molar-refractivity contribution is 7.99. The second-order valence-electron chi connectivity index (χ2n) is 5.90. The molecule has 0 aliphatic carbocycles. The van der Waals surface area contributed by atoms with Crippen LogP contribution >= 0.6 is 11.8 Å². The van der Waals surface area contributed by atoms with Crippen molar-refractivity contribution in [2.24, 2.45) is 0 Å². The number of nitro benzene ring substituents is 1. The summed E-state index contributed by atoms with van der Waals surface area (Å²) in [5.74, 6) is 0.694. The van der Waals surface area contributed by atoms with E-state index in [9.17, 15) is 23.3 Å². The molecule has 9 nitrogen and oxygen atoms in total. The molecule has 0 radical (unpaired) electrons. The lowest BCUT2D eigenvalue weighted by Crippen LogP contribution is -2.33. The molecule has 0 bridgehead atoms. The summed E-state index contributed by atoms with van der Waals surface area (Å²) in [5.41, 5.74) is 0.202. The first-order valence-corrected chi connectivity index (χ1v) is 10.6. The predicted octanol–water partition coefficient (Wildman–Crippen LogP) is 2.86. The number of sulfonamides is 1. The second-order valence-corrected chi connectivity index (χ2v) is 8.71. The van der Waals surface area contributed by atoms with E-state index in [0.717, 1.165) is 16.7 Å². The van der Waals surface area contributed by atoms with Crippen LogP contribution in [0.3, 0.4) is 0 Å². The average Bonchev–Trinajstić information content (AvgIpc) is 2.66. The summed E-state index contributed by atoms with van der Waals surface area (Å²) in [6.07, 6.45) is 0. The molecular formula is C17H17N3O6S2. The van der Waals surface area contributed by atoms with Crippen molar-refractivity contribution in [2.75, 3.05) is 29.0 Å². The standard InChI is InChI=1S/C17H17N3O6S2/c1-11(21)19-7-8-27-17-6-4-13(10-15(17)19)28(24,25)18-14-9-12(20(22)23)3-5-16(14)26-2/h3-6,9-10,18H,7-8H2,1-2H3. The van der Waals surface area contributed by atoms with Gasteiger partial charge in [-0.1, -0.05) is 0 Å². The van der Waals surface area contributed by atoms with Crippen molar-refractivity contribution in [1.82, 2.24) is 0 Å². The number of thioether (sulfide) groups is 1. The minimum Gasteiger partial charge on any atom is -0.495 e. The fourth-order valence-electron chi connectivity index (χ4n) is 2.78. The van der Waals surface area contributed by atoms with Crippen LogP contribution in [0.4, 0.5) is 17.1 Å². The minimum absolute atomic E-state index is 0.0489. The van der Waals surface area contributed by atoms with Gasteiger partial charge >= 0.3 is 0 Å². The molecule has 0 aromatic heterocycles. The van der Waals surface area contributed by atoms with Crippen LogP contribution in [0.15, 0.2) is 46.2 Å². The molecule has 1 amide bonds. The lowest BCUT2D eigenvalue weighted by molar-refractivity contribution is -0.384. The fraction of sp³-hybridized carbons (Fsp3) is 0.235. The number of fused-ring (bicyclic) bond motifs is 1. The number of carbonyl (C=O) groups is 1. The van der Waals surface area contributed by atoms with E-state index < -0.39 is 14.9 Å². The van der Waals surface area contributed by atoms with Gasteiger partial charge in [-0.2, -0.15) is 0 Å². The topological polar surface area (TPSA) is 119 Å². The van der Waals surface area contributed by atoms with Crippen molar-refractivity contribution >= 4 is 44.8 Å². The number of benzene rings is 2. The maximum Gasteiger partial charge on any atom is 0.271 e. The molecule has 1 heterocycles. The summed E-state index contributed by atoms with van der Waals surface area (Å²) in [7, 11) is -2.74. The highest BCUT2D eigenvalue weighted by Crippen LogP contribution is 2.37. The molecular weight excluding hydrogens is 406 g/mol. The van der Waals surface area contributed by atoms with E-state index in [2.05, 4.69) is 4.72 Å². The summed E-state index contributed by atoms with van der Waals surface area (Å²) >= 11 is 1.54. The van der Waals surface area contributed by atoms with Crippen molar-refractivity contribution in [1.29, 1.82) is 0 Å². The zero-order valence-electron chi connectivity index (χ0n) is 15.0. The second kappa shape index (κ2) is 7.68. The van der Waals surface area contributed by atoms with E-state index in [0.29, 0.717) is 12.2 Å². The molecule has 0 saturated heterocycles. The molecule has 1 aliphatic heterocycles. The monoisotopic (exact) mass is 423 g/mol. The van der Waals surface area contributed by atoms with E-state index in [4.69, 9.17) is 4.74 Å². The zero-order chi connectivity index (χ0) is 20.5. The van der Waals surface area contributed by atoms with Gasteiger partial charge in [-0.25, -0.2) is 8.42 Å². The molecule has 0 fully saturated rings. The van der Waals surface area contributed by atoms with Crippen LogP contribution < -0.4 is 14.4 Å². The molecule has 0 spiro atoms. The van der Waals surface area contributed by atoms with Crippen LogP contribution in [0.5, 0.6) is 5.75 Å². The fourth-order valence-corrected chi connectivity index (χ4v) is 4.84. The number of hydrogen-bond acceptors (Lipinski definition) is 7. The van der Waals surface area contributed by atoms with Gasteiger partial charge in [0.1, 0.15) is 5.75 Å². The van der Waals surface area contributed by atoms with Gasteiger partial charge < -0.3 is 9.64 Å². The number of carbonyl (C=O) groups excluding carboxylic acids is 1. The van der Waals surface area contributed by atoms with E-state index >= 15 is 0 Å². The molecule has 1 N–H and O–H groups in total. The van der Waals surface area contributed by atoms with Gasteiger partial charge in [0.05, 0.1) is 28.3 Å². The molecule has 28 heavy (non-hydrogen) atoms. The van der Waals surface area contributed by atoms with Gasteiger partial charge in [-0.15, -0.1) is 11.8 Å². The largest absolute Gasteiger partial charge is 0.495 e. The first kappa shape index (κ1) is 20.0. The average molecular weight is 423 g/mol. The van der Waals surface area contributed by atoms with Crippen LogP contribution in [0.25, 0.3) is 0 Å². The lowest BCUT2D eigenvalue weighted by atomic mass is 10.2. The Morgan fingerprint density at radius 2 is 2.04 bits per heavy atom. The summed E-state index contributed by atoms with van der Waals surface area (Å²) in [6, 6.07) is 8.13. The minimum atomic E-state index is -4.07. The molecule has 148 valence electrons. The molecule has 0 saturated carbocycles. The SMILES string of the molecule is COc1ccc([N+](=O)[O-])cc1NS(=O)(=O)c1ccc2c(c1)N(C(C)=O)CCS2. The summed E-state index contributed by atoms with van der Waals surface area (Å²) in [4.78, 5) is 24.5. The van der Waals surface area contributed by atoms with Crippen LogP contribution in [0, 0.1) is 10.1 Å². The Morgan fingerprint density at radius 1 is 1.29 bits per heavy atom. The maximum atomic E-state index is 12.9. The van der Waals surface area contributed by atoms with Gasteiger partial charge in [-0.3, -0.25) is 19.6 Å². The van der Waals surface area contributed by atoms with Crippen LogP contribution in [0.2, 0.25) is 0 Å². The van der Waals surface area contributed by atoms with Crippen LogP contribution in [-0.2, 0) is 14.8 Å². The quantitative estimate of drug-likeness (QED) is 0.580. The Labute approximate surface area is 165 Å². The van der Waals surface area contributed by atoms with E-state index in [1.165, 1.54) is 43.2 Å². The molecule has 0 unspecified atom stereocenters. The third-order valence-corrected chi connectivity index (χ3v) is 6.53. The first-order chi connectivity index (χ1) is 13.2. The van der Waals surface area contributed by atoms with E-state index in [-0.39, 0.29) is 27.9 Å². The number of amides is 1. The van der Waals surface area contributed by atoms with E-state index in [1.54, 1.807) is 17.8 Å². The predicted molar refractivity (Wildman–Crippen MR) is 106 cm³/mol. The van der Waals surface area contributed by atoms with Crippen molar-refractivity contribution in [3.05, 3.63) is 46.5 Å². The lowest BCUT2D eigenvalue weighted by Gasteiger charge is -2.28. The van der Waals surface area contributed by atoms with Crippen LogP contribution in [-0.4, -0.2) is 38.7 Å². The Kier molecular flexibility index (Phi) is 5.47. The number of rotatable bonds is 5. The Bertz CT molecular complexity index is 1050. The first-order valence-electron chi connectivity index (χ1n) is 8.13. The van der Waals surface area contributed by atoms with Crippen LogP contribution in [0.1, 0.15) is 6.92 Å². The highest BCUT2D eigenvalue weighted by Gasteiger charge is 2.25. The Morgan fingerprint density at radius 3 is 2.68 bits per heavy atom. The van der Waals surface area contributed by atoms with E-state index in [1.807, 2.05) is 0 Å². The van der Waals surface area contributed by atoms with Gasteiger partial charge in [0.15, 0.2) is 0 Å². The number of nitrogens with zero attached hydrogens (tertiary/aromatic N) is 2. The molecule has 2 aromatic carbocycles. The number of non-ortho nitro benzene ring substituents is 1. The van der Waals surface area contributed by atoms with Crippen molar-refractivity contribution < 1.29 is 22.9 Å². The third-order valence-electron chi connectivity index (χ3n) is 4.12. The normalized spacial score (nSPS) is 13.6. The zero-order valence-corrected chi connectivity index (χ0v) is 16.7. The van der Waals surface area contributed by atoms with Gasteiger partial charge in [-0.05, 0) is 24.3 Å². The number of methoxy groups -OCH3 is 1. The number of anilines is 2. The Balaban J connectivity index is 2.01. The van der Waals surface area contributed by atoms with Gasteiger partial charge in [0.25, 0.3) is 15.7 Å². The molecule has 1 aliphatic rings. The van der Waals surface area contributed by atoms with Gasteiger partial charge in [0.2, 0.25) is 5.91 Å². The summed E-state index contributed by atoms with van der Waals surface area (Å²) < 4.78 is 33.2. The third kappa shape index (κ3) is 3.90. The Hall–Kier alpha value is -2.79. The summed E-state index contributed by atoms with van der Waals surface area (Å²) in [6.45, 7) is 1.91. The number of ether oxygens (including phenoxy) is 1. The maximum absolute atomic E-state index is 12.9. The molecule has 0 atom stereocenters.